The number of hydrogen-bond acceptors (Lipinski definition) is 4. The van der Waals surface area contributed by atoms with Gasteiger partial charge in [-0.2, -0.15) is 0 Å². The Morgan fingerprint density at radius 3 is 3.13 bits per heavy atom. The van der Waals surface area contributed by atoms with Gasteiger partial charge in [0, 0.05) is 18.4 Å². The highest BCUT2D eigenvalue weighted by Gasteiger charge is 2.51. The summed E-state index contributed by atoms with van der Waals surface area (Å²) in [5.74, 6) is 1.27. The first kappa shape index (κ1) is 15.0. The Morgan fingerprint density at radius 1 is 1.35 bits per heavy atom. The molecule has 2 fully saturated rings. The molecular formula is C19H25NO3. The minimum atomic E-state index is -0.310. The molecule has 124 valence electrons. The van der Waals surface area contributed by atoms with Gasteiger partial charge in [0.05, 0.1) is 0 Å². The van der Waals surface area contributed by atoms with E-state index in [1.165, 1.54) is 50.2 Å². The number of esters is 1. The molecule has 0 spiro atoms. The molecule has 1 aromatic rings. The maximum Gasteiger partial charge on any atom is 0.305 e. The number of fused-ring (bicyclic) bond motifs is 1. The molecule has 0 amide bonds. The van der Waals surface area contributed by atoms with Crippen molar-refractivity contribution in [3.05, 3.63) is 29.3 Å². The lowest BCUT2D eigenvalue weighted by Gasteiger charge is -2.56. The van der Waals surface area contributed by atoms with E-state index in [0.717, 1.165) is 24.6 Å². The van der Waals surface area contributed by atoms with Crippen molar-refractivity contribution < 1.29 is 14.3 Å². The second kappa shape index (κ2) is 5.82. The molecule has 4 rings (SSSR count). The molecule has 0 radical (unpaired) electrons. The van der Waals surface area contributed by atoms with Gasteiger partial charge < -0.3 is 14.8 Å². The van der Waals surface area contributed by atoms with Crippen LogP contribution in [0.25, 0.3) is 0 Å². The highest BCUT2D eigenvalue weighted by molar-refractivity contribution is 5.65. The fourth-order valence-electron chi connectivity index (χ4n) is 5.17. The van der Waals surface area contributed by atoms with E-state index in [1.807, 2.05) is 6.07 Å². The summed E-state index contributed by atoms with van der Waals surface area (Å²) < 4.78 is 10.5. The first-order valence-corrected chi connectivity index (χ1v) is 8.82. The second-order valence-electron chi connectivity index (χ2n) is 7.24. The zero-order valence-electron chi connectivity index (χ0n) is 13.8. The van der Waals surface area contributed by atoms with Gasteiger partial charge in [0.25, 0.3) is 0 Å². The van der Waals surface area contributed by atoms with Crippen LogP contribution in [-0.4, -0.2) is 25.3 Å². The van der Waals surface area contributed by atoms with E-state index in [9.17, 15) is 4.79 Å². The SMILES string of the molecule is CC(=O)OCOc1ccc2c(c1)[C@]13CCCC[C@@H]1[C@@H](C2)NCC3. The lowest BCUT2D eigenvalue weighted by atomic mass is 9.53. The van der Waals surface area contributed by atoms with E-state index in [1.54, 1.807) is 0 Å². The largest absolute Gasteiger partial charge is 0.457 e. The van der Waals surface area contributed by atoms with Crippen molar-refractivity contribution in [2.75, 3.05) is 13.3 Å². The molecule has 1 saturated carbocycles. The maximum absolute atomic E-state index is 10.9. The highest BCUT2D eigenvalue weighted by atomic mass is 16.7. The Hall–Kier alpha value is -1.55. The number of piperidine rings is 1. The number of carbonyl (C=O) groups is 1. The van der Waals surface area contributed by atoms with E-state index < -0.39 is 0 Å². The number of carbonyl (C=O) groups excluding carboxylic acids is 1. The lowest BCUT2D eigenvalue weighted by molar-refractivity contribution is -0.147. The van der Waals surface area contributed by atoms with Gasteiger partial charge in [0.1, 0.15) is 5.75 Å². The lowest BCUT2D eigenvalue weighted by Crippen LogP contribution is -2.59. The topological polar surface area (TPSA) is 47.6 Å². The Balaban J connectivity index is 1.65. The molecule has 3 aliphatic rings. The molecule has 1 N–H and O–H groups in total. The van der Waals surface area contributed by atoms with Crippen LogP contribution in [-0.2, 0) is 21.4 Å². The number of benzene rings is 1. The van der Waals surface area contributed by atoms with E-state index in [4.69, 9.17) is 9.47 Å². The molecule has 2 bridgehead atoms. The van der Waals surface area contributed by atoms with E-state index >= 15 is 0 Å². The Morgan fingerprint density at radius 2 is 2.26 bits per heavy atom. The third-order valence-corrected chi connectivity index (χ3v) is 6.11. The molecule has 0 unspecified atom stereocenters. The minimum Gasteiger partial charge on any atom is -0.457 e. The average Bonchev–Trinajstić information content (AvgIpc) is 2.55. The molecule has 4 nitrogen and oxygen atoms in total. The van der Waals surface area contributed by atoms with Crippen LogP contribution in [0.2, 0.25) is 0 Å². The van der Waals surface area contributed by atoms with Gasteiger partial charge in [-0.1, -0.05) is 18.9 Å². The van der Waals surface area contributed by atoms with E-state index in [0.29, 0.717) is 11.5 Å². The summed E-state index contributed by atoms with van der Waals surface area (Å²) in [6.45, 7) is 2.52. The first-order chi connectivity index (χ1) is 11.2. The van der Waals surface area contributed by atoms with Crippen molar-refractivity contribution in [2.45, 2.75) is 56.9 Å². The normalized spacial score (nSPS) is 31.7. The Kier molecular flexibility index (Phi) is 3.80. The van der Waals surface area contributed by atoms with Crippen molar-refractivity contribution in [3.8, 4) is 5.75 Å². The fourth-order valence-corrected chi connectivity index (χ4v) is 5.17. The van der Waals surface area contributed by atoms with Crippen LogP contribution in [0.5, 0.6) is 5.75 Å². The van der Waals surface area contributed by atoms with Crippen molar-refractivity contribution in [3.63, 3.8) is 0 Å². The van der Waals surface area contributed by atoms with Crippen molar-refractivity contribution in [1.29, 1.82) is 0 Å². The van der Waals surface area contributed by atoms with Crippen molar-refractivity contribution in [1.82, 2.24) is 5.32 Å². The van der Waals surface area contributed by atoms with Crippen molar-refractivity contribution >= 4 is 5.97 Å². The number of ether oxygens (including phenoxy) is 2. The highest BCUT2D eigenvalue weighted by Crippen LogP contribution is 2.54. The Bertz CT molecular complexity index is 611. The first-order valence-electron chi connectivity index (χ1n) is 8.82. The summed E-state index contributed by atoms with van der Waals surface area (Å²) in [6, 6.07) is 7.09. The molecule has 1 saturated heterocycles. The number of rotatable bonds is 3. The molecule has 4 heteroatoms. The Labute approximate surface area is 137 Å². The molecular weight excluding hydrogens is 290 g/mol. The zero-order valence-corrected chi connectivity index (χ0v) is 13.8. The van der Waals surface area contributed by atoms with Gasteiger partial charge in [-0.25, -0.2) is 0 Å². The third kappa shape index (κ3) is 2.53. The van der Waals surface area contributed by atoms with Gasteiger partial charge >= 0.3 is 5.97 Å². The summed E-state index contributed by atoms with van der Waals surface area (Å²) in [5, 5.41) is 3.76. The van der Waals surface area contributed by atoms with E-state index in [2.05, 4.69) is 17.4 Å². The summed E-state index contributed by atoms with van der Waals surface area (Å²) in [7, 11) is 0. The van der Waals surface area contributed by atoms with Crippen LogP contribution < -0.4 is 10.1 Å². The number of nitrogens with one attached hydrogen (secondary N) is 1. The van der Waals surface area contributed by atoms with Gasteiger partial charge in [-0.05, 0) is 61.4 Å². The quantitative estimate of drug-likeness (QED) is 0.688. The van der Waals surface area contributed by atoms with Crippen LogP contribution in [0, 0.1) is 5.92 Å². The molecule has 23 heavy (non-hydrogen) atoms. The van der Waals surface area contributed by atoms with Crippen LogP contribution >= 0.6 is 0 Å². The minimum absolute atomic E-state index is 0.00523. The summed E-state index contributed by atoms with van der Waals surface area (Å²) in [5.41, 5.74) is 3.31. The predicted molar refractivity (Wildman–Crippen MR) is 87.5 cm³/mol. The molecule has 1 aromatic carbocycles. The summed E-state index contributed by atoms with van der Waals surface area (Å²) in [4.78, 5) is 10.9. The monoisotopic (exact) mass is 315 g/mol. The van der Waals surface area contributed by atoms with Gasteiger partial charge in [-0.15, -0.1) is 0 Å². The zero-order chi connectivity index (χ0) is 15.9. The predicted octanol–water partition coefficient (Wildman–Crippen LogP) is 2.93. The van der Waals surface area contributed by atoms with Crippen molar-refractivity contribution in [2.24, 2.45) is 5.92 Å². The molecule has 1 aliphatic heterocycles. The van der Waals surface area contributed by atoms with Crippen LogP contribution in [0.1, 0.15) is 50.2 Å². The second-order valence-corrected chi connectivity index (χ2v) is 7.24. The standard InChI is InChI=1S/C19H25NO3/c1-13(21)22-12-23-15-6-5-14-10-18-16-4-2-3-7-19(16,8-9-20-18)17(14)11-15/h5-6,11,16,18,20H,2-4,7-10,12H2,1H3/t16-,18-,19+/m1/s1. The van der Waals surface area contributed by atoms with Crippen LogP contribution in [0.3, 0.4) is 0 Å². The fraction of sp³-hybridized carbons (Fsp3) is 0.632. The average molecular weight is 315 g/mol. The molecule has 1 heterocycles. The molecule has 2 aliphatic carbocycles. The summed E-state index contributed by atoms with van der Waals surface area (Å²) >= 11 is 0. The van der Waals surface area contributed by atoms with Crippen LogP contribution in [0.15, 0.2) is 18.2 Å². The third-order valence-electron chi connectivity index (χ3n) is 6.11. The van der Waals surface area contributed by atoms with Crippen LogP contribution in [0.4, 0.5) is 0 Å². The van der Waals surface area contributed by atoms with Gasteiger partial charge in [0.2, 0.25) is 6.79 Å². The number of hydrogen-bond donors (Lipinski definition) is 1. The smallest absolute Gasteiger partial charge is 0.305 e. The van der Waals surface area contributed by atoms with Gasteiger partial charge in [-0.3, -0.25) is 4.79 Å². The summed E-state index contributed by atoms with van der Waals surface area (Å²) in [6.07, 6.45) is 7.70. The van der Waals surface area contributed by atoms with Gasteiger partial charge in [0.15, 0.2) is 0 Å². The molecule has 0 aromatic heterocycles. The van der Waals surface area contributed by atoms with E-state index in [-0.39, 0.29) is 12.8 Å². The molecule has 3 atom stereocenters. The maximum atomic E-state index is 10.9.